The van der Waals surface area contributed by atoms with Gasteiger partial charge in [-0.2, -0.15) is 0 Å². The Hall–Kier alpha value is -0.770. The molecule has 1 atom stereocenters. The van der Waals surface area contributed by atoms with Crippen molar-refractivity contribution in [3.63, 3.8) is 0 Å². The Morgan fingerprint density at radius 3 is 2.75 bits per heavy atom. The van der Waals surface area contributed by atoms with E-state index in [0.29, 0.717) is 6.04 Å². The fraction of sp³-hybridized carbons (Fsp3) is 0.625. The molecule has 1 N–H and O–H groups in total. The molecule has 4 heteroatoms. The minimum absolute atomic E-state index is 0.526. The zero-order chi connectivity index (χ0) is 14.5. The van der Waals surface area contributed by atoms with E-state index in [2.05, 4.69) is 35.3 Å². The van der Waals surface area contributed by atoms with Crippen molar-refractivity contribution in [3.8, 4) is 0 Å². The zero-order valence-electron chi connectivity index (χ0n) is 12.7. The molecule has 1 aromatic carbocycles. The van der Waals surface area contributed by atoms with Crippen molar-refractivity contribution >= 4 is 17.3 Å². The van der Waals surface area contributed by atoms with Gasteiger partial charge in [-0.05, 0) is 50.4 Å². The molecule has 0 heterocycles. The number of halogens is 1. The predicted molar refractivity (Wildman–Crippen MR) is 85.6 cm³/mol. The third kappa shape index (κ3) is 3.87. The molecule has 0 radical (unpaired) electrons. The molecule has 1 fully saturated rings. The van der Waals surface area contributed by atoms with Crippen molar-refractivity contribution in [2.45, 2.75) is 32.4 Å². The second-order valence-electron chi connectivity index (χ2n) is 5.58. The summed E-state index contributed by atoms with van der Waals surface area (Å²) in [5.74, 6) is 0.805. The molecule has 20 heavy (non-hydrogen) atoms. The number of hydrogen-bond acceptors (Lipinski definition) is 3. The molecule has 1 unspecified atom stereocenters. The summed E-state index contributed by atoms with van der Waals surface area (Å²) in [6.07, 6.45) is 2.67. The van der Waals surface area contributed by atoms with Crippen LogP contribution in [0.15, 0.2) is 18.2 Å². The highest BCUT2D eigenvalue weighted by molar-refractivity contribution is 6.33. The standard InChI is InChI=1S/C16H25ClN2O/c1-12(14-5-6-14)19(8-9-20-3)16-7-4-13(11-18-2)10-15(16)17/h4,7,10,12,14,18H,5-6,8-9,11H2,1-3H3. The van der Waals surface area contributed by atoms with E-state index in [1.807, 2.05) is 7.05 Å². The second kappa shape index (κ2) is 7.30. The fourth-order valence-corrected chi connectivity index (χ4v) is 2.98. The van der Waals surface area contributed by atoms with Gasteiger partial charge in [0.25, 0.3) is 0 Å². The molecule has 2 rings (SSSR count). The summed E-state index contributed by atoms with van der Waals surface area (Å²) in [4.78, 5) is 2.40. The first kappa shape index (κ1) is 15.6. The average molecular weight is 297 g/mol. The number of ether oxygens (including phenoxy) is 1. The lowest BCUT2D eigenvalue weighted by Gasteiger charge is -2.32. The smallest absolute Gasteiger partial charge is 0.0642 e. The van der Waals surface area contributed by atoms with Gasteiger partial charge >= 0.3 is 0 Å². The Kier molecular flexibility index (Phi) is 5.70. The topological polar surface area (TPSA) is 24.5 Å². The van der Waals surface area contributed by atoms with Crippen LogP contribution in [-0.4, -0.2) is 33.4 Å². The third-order valence-corrected chi connectivity index (χ3v) is 4.34. The summed E-state index contributed by atoms with van der Waals surface area (Å²) in [5.41, 5.74) is 2.34. The highest BCUT2D eigenvalue weighted by atomic mass is 35.5. The van der Waals surface area contributed by atoms with E-state index in [9.17, 15) is 0 Å². The molecule has 1 saturated carbocycles. The second-order valence-corrected chi connectivity index (χ2v) is 5.99. The number of nitrogens with zero attached hydrogens (tertiary/aromatic N) is 1. The van der Waals surface area contributed by atoms with E-state index < -0.39 is 0 Å². The highest BCUT2D eigenvalue weighted by Crippen LogP contribution is 2.38. The highest BCUT2D eigenvalue weighted by Gasteiger charge is 2.32. The molecule has 0 aliphatic heterocycles. The van der Waals surface area contributed by atoms with Gasteiger partial charge in [0.15, 0.2) is 0 Å². The number of benzene rings is 1. The molecule has 112 valence electrons. The van der Waals surface area contributed by atoms with Crippen LogP contribution in [0.4, 0.5) is 5.69 Å². The van der Waals surface area contributed by atoms with Crippen molar-refractivity contribution < 1.29 is 4.74 Å². The van der Waals surface area contributed by atoms with Crippen LogP contribution in [0.5, 0.6) is 0 Å². The Morgan fingerprint density at radius 1 is 1.45 bits per heavy atom. The van der Waals surface area contributed by atoms with Gasteiger partial charge in [-0.15, -0.1) is 0 Å². The average Bonchev–Trinajstić information content (AvgIpc) is 3.25. The van der Waals surface area contributed by atoms with Crippen molar-refractivity contribution in [2.24, 2.45) is 5.92 Å². The van der Waals surface area contributed by atoms with Crippen molar-refractivity contribution in [2.75, 3.05) is 32.2 Å². The summed E-state index contributed by atoms with van der Waals surface area (Å²) in [6, 6.07) is 6.88. The molecule has 1 aliphatic carbocycles. The maximum atomic E-state index is 6.50. The molecular weight excluding hydrogens is 272 g/mol. The van der Waals surface area contributed by atoms with Crippen LogP contribution in [0.1, 0.15) is 25.3 Å². The van der Waals surface area contributed by atoms with Gasteiger partial charge in [-0.25, -0.2) is 0 Å². The molecule has 0 bridgehead atoms. The molecule has 0 saturated heterocycles. The summed E-state index contributed by atoms with van der Waals surface area (Å²) >= 11 is 6.50. The minimum atomic E-state index is 0.526. The van der Waals surface area contributed by atoms with Crippen molar-refractivity contribution in [3.05, 3.63) is 28.8 Å². The van der Waals surface area contributed by atoms with Gasteiger partial charge in [0, 0.05) is 26.2 Å². The monoisotopic (exact) mass is 296 g/mol. The van der Waals surface area contributed by atoms with E-state index in [1.54, 1.807) is 7.11 Å². The Morgan fingerprint density at radius 2 is 2.20 bits per heavy atom. The summed E-state index contributed by atoms with van der Waals surface area (Å²) in [5, 5.41) is 3.99. The molecule has 3 nitrogen and oxygen atoms in total. The molecule has 1 aromatic rings. The van der Waals surface area contributed by atoms with E-state index in [1.165, 1.54) is 18.4 Å². The molecule has 0 aromatic heterocycles. The maximum absolute atomic E-state index is 6.50. The first-order valence-electron chi connectivity index (χ1n) is 7.36. The molecule has 0 spiro atoms. The van der Waals surface area contributed by atoms with E-state index in [0.717, 1.165) is 36.3 Å². The fourth-order valence-electron chi connectivity index (χ4n) is 2.66. The summed E-state index contributed by atoms with van der Waals surface area (Å²) in [6.45, 7) is 4.76. The zero-order valence-corrected chi connectivity index (χ0v) is 13.4. The molecule has 0 amide bonds. The van der Waals surface area contributed by atoms with Crippen LogP contribution in [0.25, 0.3) is 0 Å². The molecule has 1 aliphatic rings. The number of methoxy groups -OCH3 is 1. The number of anilines is 1. The van der Waals surface area contributed by atoms with Gasteiger partial charge < -0.3 is 15.0 Å². The van der Waals surface area contributed by atoms with Crippen LogP contribution >= 0.6 is 11.6 Å². The summed E-state index contributed by atoms with van der Waals surface area (Å²) < 4.78 is 5.25. The maximum Gasteiger partial charge on any atom is 0.0642 e. The first-order chi connectivity index (χ1) is 9.67. The van der Waals surface area contributed by atoms with Crippen LogP contribution < -0.4 is 10.2 Å². The van der Waals surface area contributed by atoms with E-state index in [-0.39, 0.29) is 0 Å². The van der Waals surface area contributed by atoms with Gasteiger partial charge in [-0.3, -0.25) is 0 Å². The Labute approximate surface area is 127 Å². The van der Waals surface area contributed by atoms with Gasteiger partial charge in [0.2, 0.25) is 0 Å². The third-order valence-electron chi connectivity index (χ3n) is 4.03. The van der Waals surface area contributed by atoms with Crippen LogP contribution in [0, 0.1) is 5.92 Å². The quantitative estimate of drug-likeness (QED) is 0.796. The number of hydrogen-bond donors (Lipinski definition) is 1. The lowest BCUT2D eigenvalue weighted by Crippen LogP contribution is -2.37. The van der Waals surface area contributed by atoms with Crippen LogP contribution in [-0.2, 0) is 11.3 Å². The normalized spacial score (nSPS) is 16.2. The Bertz CT molecular complexity index is 434. The van der Waals surface area contributed by atoms with Gasteiger partial charge in [0.05, 0.1) is 17.3 Å². The lowest BCUT2D eigenvalue weighted by atomic mass is 10.1. The Balaban J connectivity index is 2.18. The van der Waals surface area contributed by atoms with Gasteiger partial charge in [-0.1, -0.05) is 17.7 Å². The number of rotatable bonds is 8. The SMILES string of the molecule is CNCc1ccc(N(CCOC)C(C)C2CC2)c(Cl)c1. The lowest BCUT2D eigenvalue weighted by molar-refractivity contribution is 0.202. The van der Waals surface area contributed by atoms with Crippen molar-refractivity contribution in [1.29, 1.82) is 0 Å². The van der Waals surface area contributed by atoms with E-state index >= 15 is 0 Å². The summed E-state index contributed by atoms with van der Waals surface area (Å²) in [7, 11) is 3.69. The largest absolute Gasteiger partial charge is 0.383 e. The van der Waals surface area contributed by atoms with Crippen LogP contribution in [0.2, 0.25) is 5.02 Å². The molecular formula is C16H25ClN2O. The van der Waals surface area contributed by atoms with E-state index in [4.69, 9.17) is 16.3 Å². The first-order valence-corrected chi connectivity index (χ1v) is 7.73. The minimum Gasteiger partial charge on any atom is -0.383 e. The van der Waals surface area contributed by atoms with Crippen LogP contribution in [0.3, 0.4) is 0 Å². The van der Waals surface area contributed by atoms with Gasteiger partial charge in [0.1, 0.15) is 0 Å². The predicted octanol–water partition coefficient (Wildman–Crippen LogP) is 3.31. The number of nitrogens with one attached hydrogen (secondary N) is 1. The van der Waals surface area contributed by atoms with Crippen molar-refractivity contribution in [1.82, 2.24) is 5.32 Å².